The molecule has 0 spiro atoms. The average Bonchev–Trinajstić information content (AvgIpc) is 3.50. The van der Waals surface area contributed by atoms with Crippen LogP contribution in [0.3, 0.4) is 0 Å². The van der Waals surface area contributed by atoms with Gasteiger partial charge in [0.15, 0.2) is 5.43 Å². The van der Waals surface area contributed by atoms with Crippen molar-refractivity contribution in [3.63, 3.8) is 0 Å². The minimum atomic E-state index is 0.0690. The molecule has 0 unspecified atom stereocenters. The topological polar surface area (TPSA) is 91.0 Å². The highest BCUT2D eigenvalue weighted by atomic mass is 16.2. The largest absolute Gasteiger partial charge is 0.364 e. The number of nitrogens with one attached hydrogen (secondary N) is 2. The molecule has 2 aromatic heterocycles. The highest BCUT2D eigenvalue weighted by molar-refractivity contribution is 5.81. The van der Waals surface area contributed by atoms with Crippen LogP contribution in [0.5, 0.6) is 0 Å². The molecule has 136 valence electrons. The zero-order chi connectivity index (χ0) is 18.3. The molecule has 1 aliphatic heterocycles. The van der Waals surface area contributed by atoms with Gasteiger partial charge < -0.3 is 15.2 Å². The second-order valence-electron chi connectivity index (χ2n) is 7.19. The molecule has 0 aromatic carbocycles. The zero-order valence-electron chi connectivity index (χ0n) is 15.1. The molecule has 1 amide bonds. The molecular formula is C19H23N5O2. The predicted molar refractivity (Wildman–Crippen MR) is 97.7 cm³/mol. The Balaban J connectivity index is 1.51. The van der Waals surface area contributed by atoms with E-state index in [-0.39, 0.29) is 17.3 Å². The molecule has 1 saturated carbocycles. The second-order valence-corrected chi connectivity index (χ2v) is 7.19. The van der Waals surface area contributed by atoms with Crippen molar-refractivity contribution >= 4 is 11.7 Å². The number of carbonyl (C=O) groups excluding carboxylic acids is 1. The Hall–Kier alpha value is -2.70. The minimum Gasteiger partial charge on any atom is -0.364 e. The molecule has 0 radical (unpaired) electrons. The summed E-state index contributed by atoms with van der Waals surface area (Å²) < 4.78 is 0. The summed E-state index contributed by atoms with van der Waals surface area (Å²) in [7, 11) is 0. The molecule has 7 nitrogen and oxygen atoms in total. The Bertz CT molecular complexity index is 917. The second kappa shape index (κ2) is 6.55. The predicted octanol–water partition coefficient (Wildman–Crippen LogP) is 1.69. The van der Waals surface area contributed by atoms with Crippen molar-refractivity contribution in [1.82, 2.24) is 19.9 Å². The summed E-state index contributed by atoms with van der Waals surface area (Å²) in [6.07, 6.45) is 6.07. The number of pyridine rings is 1. The fourth-order valence-electron chi connectivity index (χ4n) is 3.44. The third-order valence-corrected chi connectivity index (χ3v) is 5.29. The Kier molecular flexibility index (Phi) is 4.22. The maximum Gasteiger partial charge on any atom is 0.226 e. The number of carbonyl (C=O) groups is 1. The zero-order valence-corrected chi connectivity index (χ0v) is 15.1. The van der Waals surface area contributed by atoms with Gasteiger partial charge in [-0.15, -0.1) is 0 Å². The first-order valence-electron chi connectivity index (χ1n) is 9.07. The van der Waals surface area contributed by atoms with Gasteiger partial charge in [-0.05, 0) is 33.1 Å². The fraction of sp³-hybridized carbons (Fsp3) is 0.474. The van der Waals surface area contributed by atoms with Crippen molar-refractivity contribution < 1.29 is 4.79 Å². The van der Waals surface area contributed by atoms with Crippen molar-refractivity contribution in [3.05, 3.63) is 50.8 Å². The van der Waals surface area contributed by atoms with Crippen LogP contribution in [-0.4, -0.2) is 32.3 Å². The van der Waals surface area contributed by atoms with Crippen LogP contribution in [0.4, 0.5) is 5.82 Å². The van der Waals surface area contributed by atoms with E-state index in [1.165, 1.54) is 6.33 Å². The number of anilines is 1. The number of aromatic amines is 1. The summed E-state index contributed by atoms with van der Waals surface area (Å²) in [6, 6.07) is 0. The van der Waals surface area contributed by atoms with Gasteiger partial charge in [-0.25, -0.2) is 9.97 Å². The molecule has 1 aliphatic carbocycles. The lowest BCUT2D eigenvalue weighted by Gasteiger charge is -2.29. The summed E-state index contributed by atoms with van der Waals surface area (Å²) in [5, 5.41) is 3.33. The first-order valence-corrected chi connectivity index (χ1v) is 9.07. The molecule has 1 fully saturated rings. The van der Waals surface area contributed by atoms with Crippen LogP contribution in [0.1, 0.15) is 40.9 Å². The van der Waals surface area contributed by atoms with Crippen molar-refractivity contribution in [2.75, 3.05) is 11.9 Å². The number of amides is 1. The maximum absolute atomic E-state index is 12.3. The van der Waals surface area contributed by atoms with Crippen LogP contribution in [0.2, 0.25) is 0 Å². The quantitative estimate of drug-likeness (QED) is 0.873. The van der Waals surface area contributed by atoms with Crippen LogP contribution in [0.15, 0.2) is 17.3 Å². The molecule has 2 aliphatic rings. The van der Waals surface area contributed by atoms with E-state index in [0.29, 0.717) is 25.2 Å². The third kappa shape index (κ3) is 3.09. The van der Waals surface area contributed by atoms with Crippen LogP contribution in [0, 0.1) is 19.8 Å². The van der Waals surface area contributed by atoms with Crippen molar-refractivity contribution in [2.45, 2.75) is 46.2 Å². The van der Waals surface area contributed by atoms with E-state index >= 15 is 0 Å². The molecule has 2 N–H and O–H groups in total. The van der Waals surface area contributed by atoms with Gasteiger partial charge in [0.25, 0.3) is 0 Å². The van der Waals surface area contributed by atoms with Gasteiger partial charge in [-0.1, -0.05) is 0 Å². The number of hydrogen-bond donors (Lipinski definition) is 2. The first-order chi connectivity index (χ1) is 12.5. The monoisotopic (exact) mass is 353 g/mol. The number of aromatic nitrogens is 3. The Morgan fingerprint density at radius 3 is 2.92 bits per heavy atom. The summed E-state index contributed by atoms with van der Waals surface area (Å²) in [6.45, 7) is 5.40. The molecule has 7 heteroatoms. The van der Waals surface area contributed by atoms with Gasteiger partial charge in [0, 0.05) is 41.0 Å². The first kappa shape index (κ1) is 16.8. The van der Waals surface area contributed by atoms with Gasteiger partial charge in [0.05, 0.1) is 18.8 Å². The van der Waals surface area contributed by atoms with E-state index in [2.05, 4.69) is 20.3 Å². The molecular weight excluding hydrogens is 330 g/mol. The SMILES string of the molecule is Cc1c[nH]c(CNc2ncnc3c2CCN(C(=O)C2CC2)C3)c(C)c1=O. The molecule has 0 bridgehead atoms. The average molecular weight is 353 g/mol. The Morgan fingerprint density at radius 2 is 2.15 bits per heavy atom. The van der Waals surface area contributed by atoms with E-state index < -0.39 is 0 Å². The molecule has 0 atom stereocenters. The van der Waals surface area contributed by atoms with Gasteiger partial charge in [0.2, 0.25) is 5.91 Å². The molecule has 26 heavy (non-hydrogen) atoms. The standard InChI is InChI=1S/C19H23N5O2/c1-11-7-20-15(12(2)17(11)25)8-21-18-14-5-6-24(19(26)13-3-4-13)9-16(14)22-10-23-18/h7,10,13H,3-6,8-9H2,1-2H3,(H,20,25)(H,21,22,23). The van der Waals surface area contributed by atoms with Crippen LogP contribution in [-0.2, 0) is 24.3 Å². The Morgan fingerprint density at radius 1 is 1.35 bits per heavy atom. The van der Waals surface area contributed by atoms with E-state index in [0.717, 1.165) is 47.6 Å². The number of fused-ring (bicyclic) bond motifs is 1. The lowest BCUT2D eigenvalue weighted by atomic mass is 10.0. The van der Waals surface area contributed by atoms with Crippen LogP contribution >= 0.6 is 0 Å². The highest BCUT2D eigenvalue weighted by Crippen LogP contribution is 2.33. The fourth-order valence-corrected chi connectivity index (χ4v) is 3.44. The number of rotatable bonds is 4. The van der Waals surface area contributed by atoms with Crippen molar-refractivity contribution in [2.24, 2.45) is 5.92 Å². The maximum atomic E-state index is 12.3. The summed E-state index contributed by atoms with van der Waals surface area (Å²) >= 11 is 0. The normalized spacial score (nSPS) is 16.3. The molecule has 0 saturated heterocycles. The van der Waals surface area contributed by atoms with E-state index in [1.807, 2.05) is 11.8 Å². The smallest absolute Gasteiger partial charge is 0.226 e. The number of H-pyrrole nitrogens is 1. The third-order valence-electron chi connectivity index (χ3n) is 5.29. The molecule has 2 aromatic rings. The van der Waals surface area contributed by atoms with Gasteiger partial charge in [-0.3, -0.25) is 9.59 Å². The Labute approximate surface area is 151 Å². The summed E-state index contributed by atoms with van der Waals surface area (Å²) in [4.78, 5) is 38.2. The lowest BCUT2D eigenvalue weighted by molar-refractivity contribution is -0.133. The van der Waals surface area contributed by atoms with Crippen molar-refractivity contribution in [1.29, 1.82) is 0 Å². The number of aryl methyl sites for hydroxylation is 1. The van der Waals surface area contributed by atoms with Crippen molar-refractivity contribution in [3.8, 4) is 0 Å². The van der Waals surface area contributed by atoms with Gasteiger partial charge >= 0.3 is 0 Å². The number of nitrogens with zero attached hydrogens (tertiary/aromatic N) is 3. The van der Waals surface area contributed by atoms with Gasteiger partial charge in [-0.2, -0.15) is 0 Å². The molecule has 3 heterocycles. The summed E-state index contributed by atoms with van der Waals surface area (Å²) in [5.74, 6) is 1.28. The summed E-state index contributed by atoms with van der Waals surface area (Å²) in [5.41, 5.74) is 4.35. The number of hydrogen-bond acceptors (Lipinski definition) is 5. The van der Waals surface area contributed by atoms with Gasteiger partial charge in [0.1, 0.15) is 12.1 Å². The van der Waals surface area contributed by atoms with Crippen LogP contribution < -0.4 is 10.7 Å². The molecule has 4 rings (SSSR count). The van der Waals surface area contributed by atoms with E-state index in [4.69, 9.17) is 0 Å². The van der Waals surface area contributed by atoms with E-state index in [9.17, 15) is 9.59 Å². The highest BCUT2D eigenvalue weighted by Gasteiger charge is 2.35. The lowest BCUT2D eigenvalue weighted by Crippen LogP contribution is -2.37. The minimum absolute atomic E-state index is 0.0690. The van der Waals surface area contributed by atoms with E-state index in [1.54, 1.807) is 13.1 Å². The van der Waals surface area contributed by atoms with Crippen LogP contribution in [0.25, 0.3) is 0 Å².